The first-order chi connectivity index (χ1) is 9.61. The molecular formula is C16H25ClN2O. The zero-order chi connectivity index (χ0) is 14.5. The minimum absolute atomic E-state index is 0.0307. The van der Waals surface area contributed by atoms with Crippen molar-refractivity contribution in [3.05, 3.63) is 22.8 Å². The van der Waals surface area contributed by atoms with Gasteiger partial charge in [0.2, 0.25) is 0 Å². The van der Waals surface area contributed by atoms with E-state index in [0.29, 0.717) is 17.0 Å². The zero-order valence-corrected chi connectivity index (χ0v) is 13.2. The Morgan fingerprint density at radius 2 is 2.10 bits per heavy atom. The second-order valence-electron chi connectivity index (χ2n) is 6.11. The first kappa shape index (κ1) is 15.6. The number of rotatable bonds is 6. The Labute approximate surface area is 127 Å². The molecule has 0 amide bonds. The van der Waals surface area contributed by atoms with E-state index in [0.717, 1.165) is 24.3 Å². The molecule has 1 aliphatic carbocycles. The summed E-state index contributed by atoms with van der Waals surface area (Å²) in [6, 6.07) is 2.54. The number of anilines is 1. The number of aliphatic hydroxyl groups is 1. The van der Waals surface area contributed by atoms with Crippen LogP contribution in [0, 0.1) is 5.92 Å². The molecule has 1 aromatic heterocycles. The summed E-state index contributed by atoms with van der Waals surface area (Å²) in [7, 11) is 0. The van der Waals surface area contributed by atoms with Crippen molar-refractivity contribution < 1.29 is 5.11 Å². The molecule has 20 heavy (non-hydrogen) atoms. The molecule has 2 rings (SSSR count). The molecule has 4 heteroatoms. The van der Waals surface area contributed by atoms with Gasteiger partial charge in [-0.1, -0.05) is 38.3 Å². The lowest BCUT2D eigenvalue weighted by molar-refractivity contribution is 0.282. The van der Waals surface area contributed by atoms with Gasteiger partial charge in [0.25, 0.3) is 0 Å². The van der Waals surface area contributed by atoms with Gasteiger partial charge in [0.05, 0.1) is 11.6 Å². The van der Waals surface area contributed by atoms with Gasteiger partial charge in [-0.3, -0.25) is 0 Å². The Kier molecular flexibility index (Phi) is 5.67. The molecule has 1 N–H and O–H groups in total. The zero-order valence-electron chi connectivity index (χ0n) is 12.5. The molecule has 1 saturated carbocycles. The Morgan fingerprint density at radius 1 is 1.40 bits per heavy atom. The second-order valence-corrected chi connectivity index (χ2v) is 6.51. The summed E-state index contributed by atoms with van der Waals surface area (Å²) in [5, 5.41) is 9.93. The summed E-state index contributed by atoms with van der Waals surface area (Å²) in [6.45, 7) is 5.50. The van der Waals surface area contributed by atoms with Crippen LogP contribution in [0.2, 0.25) is 5.02 Å². The Bertz CT molecular complexity index is 430. The van der Waals surface area contributed by atoms with Gasteiger partial charge in [-0.25, -0.2) is 4.98 Å². The number of hydrogen-bond donors (Lipinski definition) is 1. The van der Waals surface area contributed by atoms with Crippen molar-refractivity contribution in [1.29, 1.82) is 0 Å². The number of aliphatic hydroxyl groups excluding tert-OH is 1. The Hall–Kier alpha value is -0.800. The maximum atomic E-state index is 9.38. The predicted octanol–water partition coefficient (Wildman–Crippen LogP) is 4.02. The van der Waals surface area contributed by atoms with Crippen LogP contribution in [0.3, 0.4) is 0 Å². The lowest BCUT2D eigenvalue weighted by atomic mass is 10.1. The monoisotopic (exact) mass is 296 g/mol. The number of hydrogen-bond acceptors (Lipinski definition) is 3. The highest BCUT2D eigenvalue weighted by atomic mass is 35.5. The fraction of sp³-hybridized carbons (Fsp3) is 0.688. The van der Waals surface area contributed by atoms with Crippen LogP contribution < -0.4 is 4.90 Å². The fourth-order valence-electron chi connectivity index (χ4n) is 2.84. The maximum Gasteiger partial charge on any atom is 0.129 e. The fourth-order valence-corrected chi connectivity index (χ4v) is 3.01. The normalized spacial score (nSPS) is 16.1. The minimum Gasteiger partial charge on any atom is -0.392 e. The standard InChI is InChI=1S/C16H25ClN2O/c1-12(2)7-8-19(14-5-3-4-6-14)16-9-13(11-20)15(17)10-18-16/h9-10,12,14,20H,3-8,11H2,1-2H3. The molecule has 0 unspecified atom stereocenters. The lowest BCUT2D eigenvalue weighted by Crippen LogP contribution is -2.35. The van der Waals surface area contributed by atoms with E-state index < -0.39 is 0 Å². The smallest absolute Gasteiger partial charge is 0.129 e. The largest absolute Gasteiger partial charge is 0.392 e. The van der Waals surface area contributed by atoms with E-state index in [2.05, 4.69) is 23.7 Å². The summed E-state index contributed by atoms with van der Waals surface area (Å²) in [5.74, 6) is 1.65. The van der Waals surface area contributed by atoms with Gasteiger partial charge in [-0.05, 0) is 31.2 Å². The minimum atomic E-state index is -0.0307. The van der Waals surface area contributed by atoms with Crippen LogP contribution >= 0.6 is 11.6 Å². The predicted molar refractivity (Wildman–Crippen MR) is 84.2 cm³/mol. The Balaban J connectivity index is 2.20. The molecule has 0 bridgehead atoms. The van der Waals surface area contributed by atoms with E-state index in [9.17, 15) is 5.11 Å². The van der Waals surface area contributed by atoms with Gasteiger partial charge in [0, 0.05) is 24.3 Å². The third-order valence-electron chi connectivity index (χ3n) is 4.10. The lowest BCUT2D eigenvalue weighted by Gasteiger charge is -2.31. The summed E-state index contributed by atoms with van der Waals surface area (Å²) in [6.07, 6.45) is 7.94. The van der Waals surface area contributed by atoms with Crippen molar-refractivity contribution >= 4 is 17.4 Å². The molecule has 1 aromatic rings. The molecule has 0 saturated heterocycles. The molecule has 1 fully saturated rings. The van der Waals surface area contributed by atoms with Gasteiger partial charge in [-0.2, -0.15) is 0 Å². The van der Waals surface area contributed by atoms with E-state index >= 15 is 0 Å². The molecule has 0 atom stereocenters. The summed E-state index contributed by atoms with van der Waals surface area (Å²) in [5.41, 5.74) is 0.768. The van der Waals surface area contributed by atoms with Crippen molar-refractivity contribution in [1.82, 2.24) is 4.98 Å². The highest BCUT2D eigenvalue weighted by molar-refractivity contribution is 6.31. The summed E-state index contributed by atoms with van der Waals surface area (Å²) in [4.78, 5) is 6.91. The van der Waals surface area contributed by atoms with Crippen LogP contribution in [0.25, 0.3) is 0 Å². The maximum absolute atomic E-state index is 9.38. The van der Waals surface area contributed by atoms with Crippen molar-refractivity contribution in [2.45, 2.75) is 58.6 Å². The number of aromatic nitrogens is 1. The van der Waals surface area contributed by atoms with Crippen molar-refractivity contribution in [3.63, 3.8) is 0 Å². The average molecular weight is 297 g/mol. The summed E-state index contributed by atoms with van der Waals surface area (Å²) < 4.78 is 0. The molecule has 0 aliphatic heterocycles. The number of pyridine rings is 1. The van der Waals surface area contributed by atoms with Crippen LogP contribution in [0.1, 0.15) is 51.5 Å². The molecular weight excluding hydrogens is 272 g/mol. The first-order valence-electron chi connectivity index (χ1n) is 7.63. The van der Waals surface area contributed by atoms with Crippen LogP contribution in [0.4, 0.5) is 5.82 Å². The van der Waals surface area contributed by atoms with Crippen molar-refractivity contribution in [3.8, 4) is 0 Å². The second kappa shape index (κ2) is 7.28. The summed E-state index contributed by atoms with van der Waals surface area (Å²) >= 11 is 6.05. The molecule has 0 radical (unpaired) electrons. The van der Waals surface area contributed by atoms with E-state index in [4.69, 9.17) is 11.6 Å². The molecule has 0 spiro atoms. The highest BCUT2D eigenvalue weighted by Crippen LogP contribution is 2.29. The molecule has 1 aliphatic rings. The van der Waals surface area contributed by atoms with Crippen LogP contribution in [-0.2, 0) is 6.61 Å². The SMILES string of the molecule is CC(C)CCN(c1cc(CO)c(Cl)cn1)C1CCCC1. The highest BCUT2D eigenvalue weighted by Gasteiger charge is 2.24. The van der Waals surface area contributed by atoms with Gasteiger partial charge in [0.1, 0.15) is 5.82 Å². The van der Waals surface area contributed by atoms with Gasteiger partial charge >= 0.3 is 0 Å². The van der Waals surface area contributed by atoms with Gasteiger partial charge < -0.3 is 10.0 Å². The number of nitrogens with zero attached hydrogens (tertiary/aromatic N) is 2. The van der Waals surface area contributed by atoms with E-state index in [1.165, 1.54) is 25.7 Å². The number of halogens is 1. The third kappa shape index (κ3) is 3.86. The molecule has 112 valence electrons. The van der Waals surface area contributed by atoms with Gasteiger partial charge in [0.15, 0.2) is 0 Å². The third-order valence-corrected chi connectivity index (χ3v) is 4.44. The van der Waals surface area contributed by atoms with Crippen LogP contribution in [0.5, 0.6) is 0 Å². The van der Waals surface area contributed by atoms with E-state index in [1.54, 1.807) is 6.20 Å². The van der Waals surface area contributed by atoms with E-state index in [1.807, 2.05) is 6.07 Å². The first-order valence-corrected chi connectivity index (χ1v) is 8.01. The molecule has 3 nitrogen and oxygen atoms in total. The molecule has 0 aromatic carbocycles. The van der Waals surface area contributed by atoms with Crippen LogP contribution in [0.15, 0.2) is 12.3 Å². The van der Waals surface area contributed by atoms with Gasteiger partial charge in [-0.15, -0.1) is 0 Å². The van der Waals surface area contributed by atoms with E-state index in [-0.39, 0.29) is 6.61 Å². The van der Waals surface area contributed by atoms with Crippen LogP contribution in [-0.4, -0.2) is 22.7 Å². The Morgan fingerprint density at radius 3 is 2.70 bits per heavy atom. The van der Waals surface area contributed by atoms with Crippen molar-refractivity contribution in [2.75, 3.05) is 11.4 Å². The average Bonchev–Trinajstić information content (AvgIpc) is 2.94. The molecule has 1 heterocycles. The topological polar surface area (TPSA) is 36.4 Å². The van der Waals surface area contributed by atoms with Crippen molar-refractivity contribution in [2.24, 2.45) is 5.92 Å². The quantitative estimate of drug-likeness (QED) is 0.861.